The van der Waals surface area contributed by atoms with Crippen molar-refractivity contribution in [3.63, 3.8) is 0 Å². The van der Waals surface area contributed by atoms with Crippen molar-refractivity contribution in [2.24, 2.45) is 0 Å². The van der Waals surface area contributed by atoms with Crippen molar-refractivity contribution in [3.8, 4) is 22.1 Å². The van der Waals surface area contributed by atoms with Gasteiger partial charge in [-0.25, -0.2) is 0 Å². The second kappa shape index (κ2) is 5.80. The maximum absolute atomic E-state index is 9.82. The van der Waals surface area contributed by atoms with Crippen molar-refractivity contribution < 1.29 is 10.2 Å². The van der Waals surface area contributed by atoms with E-state index in [0.717, 1.165) is 5.56 Å². The van der Waals surface area contributed by atoms with Crippen LogP contribution in [0.2, 0.25) is 0 Å². The highest BCUT2D eigenvalue weighted by Crippen LogP contribution is 2.34. The first-order valence-corrected chi connectivity index (χ1v) is 7.17. The van der Waals surface area contributed by atoms with Crippen molar-refractivity contribution in [2.45, 2.75) is 6.54 Å². The van der Waals surface area contributed by atoms with Crippen LogP contribution in [0, 0.1) is 0 Å². The lowest BCUT2D eigenvalue weighted by atomic mass is 10.2. The maximum atomic E-state index is 9.82. The summed E-state index contributed by atoms with van der Waals surface area (Å²) in [6.07, 6.45) is 0. The van der Waals surface area contributed by atoms with Gasteiger partial charge in [0.1, 0.15) is 11.5 Å². The van der Waals surface area contributed by atoms with Crippen LogP contribution in [0.15, 0.2) is 48.5 Å². The summed E-state index contributed by atoms with van der Waals surface area (Å²) in [6, 6.07) is 14.4. The quantitative estimate of drug-likeness (QED) is 0.689. The lowest BCUT2D eigenvalue weighted by molar-refractivity contribution is 0.452. The number of nitrogens with zero attached hydrogens (tertiary/aromatic N) is 2. The standard InChI is InChI=1S/C15H13N3O2S/c19-11-6-7-12(13(20)8-11)14-17-18-15(21-14)16-9-10-4-2-1-3-5-10/h1-8,19-20H,9H2,(H,16,18). The van der Waals surface area contributed by atoms with E-state index < -0.39 is 0 Å². The predicted octanol–water partition coefficient (Wildman–Crippen LogP) is 3.23. The molecule has 0 saturated carbocycles. The molecule has 0 saturated heterocycles. The SMILES string of the molecule is Oc1ccc(-c2nnc(NCc3ccccc3)s2)c(O)c1. The molecule has 5 nitrogen and oxygen atoms in total. The van der Waals surface area contributed by atoms with Crippen molar-refractivity contribution in [1.82, 2.24) is 10.2 Å². The molecule has 3 rings (SSSR count). The Morgan fingerprint density at radius 1 is 1.00 bits per heavy atom. The fourth-order valence-corrected chi connectivity index (χ4v) is 2.65. The summed E-state index contributed by atoms with van der Waals surface area (Å²) in [7, 11) is 0. The zero-order valence-corrected chi connectivity index (χ0v) is 11.8. The van der Waals surface area contributed by atoms with E-state index in [4.69, 9.17) is 0 Å². The fraction of sp³-hybridized carbons (Fsp3) is 0.0667. The Bertz CT molecular complexity index is 744. The average Bonchev–Trinajstić information content (AvgIpc) is 2.95. The molecule has 0 fully saturated rings. The fourth-order valence-electron chi connectivity index (χ4n) is 1.88. The molecule has 0 bridgehead atoms. The van der Waals surface area contributed by atoms with Crippen LogP contribution in [0.1, 0.15) is 5.56 Å². The Morgan fingerprint density at radius 2 is 1.81 bits per heavy atom. The molecule has 3 N–H and O–H groups in total. The first-order chi connectivity index (χ1) is 10.2. The van der Waals surface area contributed by atoms with Crippen molar-refractivity contribution in [2.75, 3.05) is 5.32 Å². The molecule has 0 aliphatic rings. The minimum atomic E-state index is -0.0132. The number of phenols is 2. The number of benzene rings is 2. The highest BCUT2D eigenvalue weighted by atomic mass is 32.1. The van der Waals surface area contributed by atoms with Gasteiger partial charge in [-0.15, -0.1) is 10.2 Å². The third-order valence-electron chi connectivity index (χ3n) is 2.92. The molecule has 6 heteroatoms. The predicted molar refractivity (Wildman–Crippen MR) is 82.4 cm³/mol. The number of hydrogen-bond donors (Lipinski definition) is 3. The number of anilines is 1. The summed E-state index contributed by atoms with van der Waals surface area (Å²) in [5.41, 5.74) is 1.71. The zero-order valence-electron chi connectivity index (χ0n) is 11.0. The molecule has 0 unspecified atom stereocenters. The van der Waals surface area contributed by atoms with E-state index in [1.54, 1.807) is 6.07 Å². The number of nitrogens with one attached hydrogen (secondary N) is 1. The summed E-state index contributed by atoms with van der Waals surface area (Å²) in [6.45, 7) is 0.664. The molecular formula is C15H13N3O2S. The molecule has 21 heavy (non-hydrogen) atoms. The minimum absolute atomic E-state index is 0.0132. The second-order valence-electron chi connectivity index (χ2n) is 4.45. The molecule has 2 aromatic carbocycles. The van der Waals surface area contributed by atoms with Crippen molar-refractivity contribution in [3.05, 3.63) is 54.1 Å². The third kappa shape index (κ3) is 3.11. The average molecular weight is 299 g/mol. The number of phenolic OH excluding ortho intramolecular Hbond substituents is 2. The van der Waals surface area contributed by atoms with E-state index >= 15 is 0 Å². The van der Waals surface area contributed by atoms with Gasteiger partial charge in [-0.3, -0.25) is 0 Å². The largest absolute Gasteiger partial charge is 0.508 e. The monoisotopic (exact) mass is 299 g/mol. The summed E-state index contributed by atoms with van der Waals surface area (Å²) < 4.78 is 0. The van der Waals surface area contributed by atoms with Crippen LogP contribution in [0.4, 0.5) is 5.13 Å². The lowest BCUT2D eigenvalue weighted by Crippen LogP contribution is -1.98. The van der Waals surface area contributed by atoms with Gasteiger partial charge < -0.3 is 15.5 Å². The zero-order chi connectivity index (χ0) is 14.7. The Morgan fingerprint density at radius 3 is 2.57 bits per heavy atom. The van der Waals surface area contributed by atoms with Gasteiger partial charge in [0.05, 0.1) is 5.56 Å². The van der Waals surface area contributed by atoms with Crippen LogP contribution in [0.5, 0.6) is 11.5 Å². The number of hydrogen-bond acceptors (Lipinski definition) is 6. The van der Waals surface area contributed by atoms with Crippen molar-refractivity contribution in [1.29, 1.82) is 0 Å². The van der Waals surface area contributed by atoms with Crippen LogP contribution in [-0.2, 0) is 6.54 Å². The highest BCUT2D eigenvalue weighted by molar-refractivity contribution is 7.18. The molecule has 0 aliphatic heterocycles. The van der Waals surface area contributed by atoms with Crippen LogP contribution in [0.3, 0.4) is 0 Å². The van der Waals surface area contributed by atoms with Gasteiger partial charge in [0.25, 0.3) is 0 Å². The first kappa shape index (κ1) is 13.4. The van der Waals surface area contributed by atoms with Gasteiger partial charge in [0, 0.05) is 12.6 Å². The maximum Gasteiger partial charge on any atom is 0.206 e. The highest BCUT2D eigenvalue weighted by Gasteiger charge is 2.11. The van der Waals surface area contributed by atoms with Crippen LogP contribution < -0.4 is 5.32 Å². The molecule has 0 aliphatic carbocycles. The molecule has 1 aromatic heterocycles. The van der Waals surface area contributed by atoms with Gasteiger partial charge in [0.15, 0.2) is 5.01 Å². The summed E-state index contributed by atoms with van der Waals surface area (Å²) in [5.74, 6) is 0.00366. The third-order valence-corrected chi connectivity index (χ3v) is 3.84. The minimum Gasteiger partial charge on any atom is -0.508 e. The van der Waals surface area contributed by atoms with Gasteiger partial charge in [-0.1, -0.05) is 41.7 Å². The van der Waals surface area contributed by atoms with Crippen LogP contribution in [0.25, 0.3) is 10.6 Å². The molecule has 3 aromatic rings. The Hall–Kier alpha value is -2.60. The molecular weight excluding hydrogens is 286 g/mol. The summed E-state index contributed by atoms with van der Waals surface area (Å²) in [5, 5.41) is 31.7. The topological polar surface area (TPSA) is 78.3 Å². The summed E-state index contributed by atoms with van der Waals surface area (Å²) >= 11 is 1.35. The Labute approximate surface area is 125 Å². The van der Waals surface area contributed by atoms with Crippen LogP contribution >= 0.6 is 11.3 Å². The van der Waals surface area contributed by atoms with E-state index in [1.807, 2.05) is 30.3 Å². The van der Waals surface area contributed by atoms with E-state index in [9.17, 15) is 10.2 Å². The second-order valence-corrected chi connectivity index (χ2v) is 5.43. The van der Waals surface area contributed by atoms with Gasteiger partial charge in [-0.05, 0) is 17.7 Å². The molecule has 1 heterocycles. The molecule has 106 valence electrons. The van der Waals surface area contributed by atoms with Crippen LogP contribution in [-0.4, -0.2) is 20.4 Å². The molecule has 0 amide bonds. The first-order valence-electron chi connectivity index (χ1n) is 6.36. The van der Waals surface area contributed by atoms with Gasteiger partial charge in [-0.2, -0.15) is 0 Å². The lowest BCUT2D eigenvalue weighted by Gasteiger charge is -2.01. The Balaban J connectivity index is 1.74. The van der Waals surface area contributed by atoms with Crippen molar-refractivity contribution >= 4 is 16.5 Å². The smallest absolute Gasteiger partial charge is 0.206 e. The molecule has 0 spiro atoms. The van der Waals surface area contributed by atoms with E-state index in [1.165, 1.54) is 23.5 Å². The van der Waals surface area contributed by atoms with E-state index in [2.05, 4.69) is 15.5 Å². The Kier molecular flexibility index (Phi) is 3.70. The van der Waals surface area contributed by atoms with Gasteiger partial charge in [0.2, 0.25) is 5.13 Å². The number of rotatable bonds is 4. The number of aromatic nitrogens is 2. The van der Waals surface area contributed by atoms with Gasteiger partial charge >= 0.3 is 0 Å². The number of aromatic hydroxyl groups is 2. The van der Waals surface area contributed by atoms with E-state index in [-0.39, 0.29) is 11.5 Å². The molecule has 0 radical (unpaired) electrons. The summed E-state index contributed by atoms with van der Waals surface area (Å²) in [4.78, 5) is 0. The molecule has 0 atom stereocenters. The normalized spacial score (nSPS) is 10.5. The van der Waals surface area contributed by atoms with E-state index in [0.29, 0.717) is 22.2 Å².